The Morgan fingerprint density at radius 3 is 2.81 bits per heavy atom. The standard InChI is InChI=1S/C13H18F2N2O2S.ClH/c1-13(3-5-16-6-4-13)8-17-11(18)10-9(2-7-20-10)19-12(14)15;/h2,7,12,16H,3-6,8H2,1H3,(H,17,18);1H. The van der Waals surface area contributed by atoms with Crippen LogP contribution in [0.3, 0.4) is 0 Å². The van der Waals surface area contributed by atoms with E-state index in [1.807, 2.05) is 0 Å². The van der Waals surface area contributed by atoms with Gasteiger partial charge in [0.05, 0.1) is 0 Å². The molecule has 0 saturated carbocycles. The van der Waals surface area contributed by atoms with Crippen molar-refractivity contribution in [2.75, 3.05) is 19.6 Å². The van der Waals surface area contributed by atoms with Crippen molar-refractivity contribution < 1.29 is 18.3 Å². The first-order valence-corrected chi connectivity index (χ1v) is 7.39. The summed E-state index contributed by atoms with van der Waals surface area (Å²) in [5.41, 5.74) is 0.0574. The van der Waals surface area contributed by atoms with Gasteiger partial charge in [0.2, 0.25) is 0 Å². The predicted octanol–water partition coefficient (Wildman–Crippen LogP) is 2.89. The molecule has 0 bridgehead atoms. The number of ether oxygens (including phenoxy) is 1. The maximum absolute atomic E-state index is 12.2. The van der Waals surface area contributed by atoms with Gasteiger partial charge in [-0.1, -0.05) is 6.92 Å². The van der Waals surface area contributed by atoms with Gasteiger partial charge in [-0.05, 0) is 42.8 Å². The van der Waals surface area contributed by atoms with Crippen LogP contribution in [0, 0.1) is 5.41 Å². The fourth-order valence-electron chi connectivity index (χ4n) is 2.23. The molecule has 1 aromatic heterocycles. The van der Waals surface area contributed by atoms with Crippen LogP contribution in [0.25, 0.3) is 0 Å². The van der Waals surface area contributed by atoms with Crippen molar-refractivity contribution in [3.63, 3.8) is 0 Å². The van der Waals surface area contributed by atoms with E-state index in [2.05, 4.69) is 22.3 Å². The van der Waals surface area contributed by atoms with Gasteiger partial charge >= 0.3 is 6.61 Å². The molecule has 2 rings (SSSR count). The van der Waals surface area contributed by atoms with E-state index in [1.165, 1.54) is 6.07 Å². The molecule has 8 heteroatoms. The van der Waals surface area contributed by atoms with Crippen LogP contribution in [0.5, 0.6) is 5.75 Å². The molecule has 1 aliphatic heterocycles. The van der Waals surface area contributed by atoms with Crippen LogP contribution in [-0.4, -0.2) is 32.2 Å². The highest BCUT2D eigenvalue weighted by Gasteiger charge is 2.28. The molecule has 2 heterocycles. The Morgan fingerprint density at radius 2 is 2.19 bits per heavy atom. The highest BCUT2D eigenvalue weighted by molar-refractivity contribution is 7.12. The van der Waals surface area contributed by atoms with Gasteiger partial charge in [-0.25, -0.2) is 0 Å². The lowest BCUT2D eigenvalue weighted by molar-refractivity contribution is -0.0498. The topological polar surface area (TPSA) is 50.4 Å². The van der Waals surface area contributed by atoms with Crippen molar-refractivity contribution in [3.8, 4) is 5.75 Å². The number of hydrogen-bond acceptors (Lipinski definition) is 4. The van der Waals surface area contributed by atoms with E-state index < -0.39 is 6.61 Å². The number of halogens is 3. The van der Waals surface area contributed by atoms with E-state index in [1.54, 1.807) is 5.38 Å². The summed E-state index contributed by atoms with van der Waals surface area (Å²) in [5.74, 6) is -0.409. The first-order chi connectivity index (χ1) is 9.50. The van der Waals surface area contributed by atoms with Crippen LogP contribution in [0.4, 0.5) is 8.78 Å². The second-order valence-corrected chi connectivity index (χ2v) is 6.15. The third kappa shape index (κ3) is 5.09. The van der Waals surface area contributed by atoms with E-state index in [9.17, 15) is 13.6 Å². The van der Waals surface area contributed by atoms with E-state index in [0.717, 1.165) is 37.3 Å². The number of amides is 1. The van der Waals surface area contributed by atoms with E-state index in [4.69, 9.17) is 0 Å². The summed E-state index contributed by atoms with van der Waals surface area (Å²) >= 11 is 1.10. The third-order valence-corrected chi connectivity index (χ3v) is 4.43. The van der Waals surface area contributed by atoms with Crippen LogP contribution < -0.4 is 15.4 Å². The maximum atomic E-state index is 12.2. The molecule has 2 N–H and O–H groups in total. The zero-order valence-electron chi connectivity index (χ0n) is 11.7. The molecular weight excluding hydrogens is 322 g/mol. The zero-order valence-corrected chi connectivity index (χ0v) is 13.3. The fraction of sp³-hybridized carbons (Fsp3) is 0.615. The third-order valence-electron chi connectivity index (χ3n) is 3.54. The molecule has 1 fully saturated rings. The van der Waals surface area contributed by atoms with E-state index >= 15 is 0 Å². The normalized spacial score (nSPS) is 17.1. The van der Waals surface area contributed by atoms with Gasteiger partial charge in [0.15, 0.2) is 0 Å². The Labute approximate surface area is 132 Å². The van der Waals surface area contributed by atoms with Crippen molar-refractivity contribution in [2.24, 2.45) is 5.41 Å². The average Bonchev–Trinajstić information content (AvgIpc) is 2.84. The smallest absolute Gasteiger partial charge is 0.387 e. The van der Waals surface area contributed by atoms with Gasteiger partial charge in [0.1, 0.15) is 10.6 Å². The Morgan fingerprint density at radius 1 is 1.52 bits per heavy atom. The molecule has 0 unspecified atom stereocenters. The fourth-order valence-corrected chi connectivity index (χ4v) is 2.97. The quantitative estimate of drug-likeness (QED) is 0.866. The summed E-state index contributed by atoms with van der Waals surface area (Å²) in [6.07, 6.45) is 1.97. The molecule has 4 nitrogen and oxygen atoms in total. The monoisotopic (exact) mass is 340 g/mol. The van der Waals surface area contributed by atoms with Crippen LogP contribution in [0.15, 0.2) is 11.4 Å². The largest absolute Gasteiger partial charge is 0.433 e. The first-order valence-electron chi connectivity index (χ1n) is 6.51. The minimum atomic E-state index is -2.92. The molecule has 1 aromatic rings. The van der Waals surface area contributed by atoms with Gasteiger partial charge in [-0.3, -0.25) is 4.79 Å². The molecule has 1 saturated heterocycles. The van der Waals surface area contributed by atoms with Crippen molar-refractivity contribution in [1.82, 2.24) is 10.6 Å². The number of carbonyl (C=O) groups is 1. The number of thiophene rings is 1. The highest BCUT2D eigenvalue weighted by atomic mass is 35.5. The van der Waals surface area contributed by atoms with Crippen molar-refractivity contribution in [1.29, 1.82) is 0 Å². The van der Waals surface area contributed by atoms with Crippen molar-refractivity contribution in [3.05, 3.63) is 16.3 Å². The lowest BCUT2D eigenvalue weighted by atomic mass is 9.81. The Balaban J connectivity index is 0.00000220. The molecule has 1 amide bonds. The first kappa shape index (κ1) is 18.1. The minimum absolute atomic E-state index is 0. The van der Waals surface area contributed by atoms with Gasteiger partial charge in [0, 0.05) is 6.54 Å². The van der Waals surface area contributed by atoms with Crippen molar-refractivity contribution >= 4 is 29.7 Å². The lowest BCUT2D eigenvalue weighted by Gasteiger charge is -2.34. The SMILES string of the molecule is CC1(CNC(=O)c2sccc2OC(F)F)CCNCC1.Cl. The molecule has 1 aliphatic rings. The number of nitrogens with one attached hydrogen (secondary N) is 2. The molecular formula is C13H19ClF2N2O2S. The number of rotatable bonds is 5. The highest BCUT2D eigenvalue weighted by Crippen LogP contribution is 2.29. The molecule has 0 aromatic carbocycles. The second kappa shape index (κ2) is 7.91. The molecule has 120 valence electrons. The number of alkyl halides is 2. The summed E-state index contributed by atoms with van der Waals surface area (Å²) in [4.78, 5) is 12.2. The summed E-state index contributed by atoms with van der Waals surface area (Å²) in [6, 6.07) is 1.39. The van der Waals surface area contributed by atoms with Gasteiger partial charge in [0.25, 0.3) is 5.91 Å². The summed E-state index contributed by atoms with van der Waals surface area (Å²) in [7, 11) is 0. The number of piperidine rings is 1. The molecule has 0 aliphatic carbocycles. The van der Waals surface area contributed by atoms with E-state index in [-0.39, 0.29) is 34.4 Å². The Bertz CT molecular complexity index is 465. The lowest BCUT2D eigenvalue weighted by Crippen LogP contribution is -2.42. The van der Waals surface area contributed by atoms with Gasteiger partial charge in [-0.15, -0.1) is 23.7 Å². The Hall–Kier alpha value is -0.920. The summed E-state index contributed by atoms with van der Waals surface area (Å²) in [5, 5.41) is 7.67. The summed E-state index contributed by atoms with van der Waals surface area (Å²) in [6.45, 7) is 1.62. The van der Waals surface area contributed by atoms with Crippen molar-refractivity contribution in [2.45, 2.75) is 26.4 Å². The van der Waals surface area contributed by atoms with Crippen LogP contribution in [-0.2, 0) is 0 Å². The average molecular weight is 341 g/mol. The number of hydrogen-bond donors (Lipinski definition) is 2. The maximum Gasteiger partial charge on any atom is 0.387 e. The van der Waals surface area contributed by atoms with Crippen LogP contribution in [0.1, 0.15) is 29.4 Å². The zero-order chi connectivity index (χ0) is 14.6. The predicted molar refractivity (Wildman–Crippen MR) is 80.7 cm³/mol. The van der Waals surface area contributed by atoms with Crippen LogP contribution in [0.2, 0.25) is 0 Å². The Kier molecular flexibility index (Phi) is 6.83. The van der Waals surface area contributed by atoms with Gasteiger partial charge < -0.3 is 15.4 Å². The second-order valence-electron chi connectivity index (χ2n) is 5.24. The molecule has 21 heavy (non-hydrogen) atoms. The minimum Gasteiger partial charge on any atom is -0.433 e. The molecule has 0 spiro atoms. The molecule has 0 atom stereocenters. The summed E-state index contributed by atoms with van der Waals surface area (Å²) < 4.78 is 28.8. The van der Waals surface area contributed by atoms with Gasteiger partial charge in [-0.2, -0.15) is 8.78 Å². The molecule has 0 radical (unpaired) electrons. The van der Waals surface area contributed by atoms with E-state index in [0.29, 0.717) is 6.54 Å². The number of carbonyl (C=O) groups excluding carboxylic acids is 1. The van der Waals surface area contributed by atoms with Crippen LogP contribution >= 0.6 is 23.7 Å².